The second kappa shape index (κ2) is 8.73. The lowest BCUT2D eigenvalue weighted by Gasteiger charge is -2.34. The molecule has 146 valence electrons. The average Bonchev–Trinajstić information content (AvgIpc) is 3.17. The van der Waals surface area contributed by atoms with Gasteiger partial charge in [-0.3, -0.25) is 4.90 Å². The van der Waals surface area contributed by atoms with Crippen LogP contribution < -0.4 is 10.6 Å². The van der Waals surface area contributed by atoms with Gasteiger partial charge in [0, 0.05) is 24.5 Å². The van der Waals surface area contributed by atoms with Crippen LogP contribution in [0.4, 0.5) is 23.7 Å². The average molecular weight is 399 g/mol. The maximum atomic E-state index is 13.1. The summed E-state index contributed by atoms with van der Waals surface area (Å²) in [7, 11) is 0. The van der Waals surface area contributed by atoms with Crippen molar-refractivity contribution in [3.8, 4) is 0 Å². The van der Waals surface area contributed by atoms with Gasteiger partial charge in [0.1, 0.15) is 0 Å². The SMILES string of the molecule is O=C(NC[C@@H](c1cccs1)N1CCOCC1)Nc1ccccc1C(F)(F)F. The summed E-state index contributed by atoms with van der Waals surface area (Å²) in [5.74, 6) is 0. The smallest absolute Gasteiger partial charge is 0.379 e. The molecule has 0 bridgehead atoms. The predicted molar refractivity (Wildman–Crippen MR) is 97.9 cm³/mol. The second-order valence-corrected chi connectivity index (χ2v) is 7.04. The number of carbonyl (C=O) groups excluding carboxylic acids is 1. The largest absolute Gasteiger partial charge is 0.418 e. The van der Waals surface area contributed by atoms with Crippen molar-refractivity contribution in [2.24, 2.45) is 0 Å². The molecule has 2 aromatic rings. The normalized spacial score (nSPS) is 16.7. The molecule has 0 unspecified atom stereocenters. The van der Waals surface area contributed by atoms with Gasteiger partial charge in [-0.05, 0) is 23.6 Å². The fraction of sp³-hybridized carbons (Fsp3) is 0.389. The van der Waals surface area contributed by atoms with E-state index in [2.05, 4.69) is 15.5 Å². The van der Waals surface area contributed by atoms with Gasteiger partial charge in [0.2, 0.25) is 0 Å². The zero-order chi connectivity index (χ0) is 19.3. The quantitative estimate of drug-likeness (QED) is 0.800. The molecule has 1 aromatic heterocycles. The maximum absolute atomic E-state index is 13.1. The highest BCUT2D eigenvalue weighted by Crippen LogP contribution is 2.34. The molecule has 0 spiro atoms. The van der Waals surface area contributed by atoms with Gasteiger partial charge in [0.15, 0.2) is 0 Å². The molecule has 2 amide bonds. The highest BCUT2D eigenvalue weighted by atomic mass is 32.1. The number of halogens is 3. The number of alkyl halides is 3. The number of hydrogen-bond donors (Lipinski definition) is 2. The Labute approximate surface area is 159 Å². The van der Waals surface area contributed by atoms with Gasteiger partial charge >= 0.3 is 12.2 Å². The summed E-state index contributed by atoms with van der Waals surface area (Å²) in [6.45, 7) is 3.01. The number of anilines is 1. The highest BCUT2D eigenvalue weighted by molar-refractivity contribution is 7.10. The molecular weight excluding hydrogens is 379 g/mol. The summed E-state index contributed by atoms with van der Waals surface area (Å²) in [6.07, 6.45) is -4.53. The first-order chi connectivity index (χ1) is 12.9. The first-order valence-corrected chi connectivity index (χ1v) is 9.39. The Morgan fingerprint density at radius 3 is 2.59 bits per heavy atom. The lowest BCUT2D eigenvalue weighted by Crippen LogP contribution is -2.44. The summed E-state index contributed by atoms with van der Waals surface area (Å²) < 4.78 is 44.5. The number of hydrogen-bond acceptors (Lipinski definition) is 4. The van der Waals surface area contributed by atoms with Gasteiger partial charge in [-0.2, -0.15) is 13.2 Å². The molecule has 1 aromatic carbocycles. The Morgan fingerprint density at radius 2 is 1.93 bits per heavy atom. The zero-order valence-corrected chi connectivity index (χ0v) is 15.3. The molecular formula is C18H20F3N3O2S. The second-order valence-electron chi connectivity index (χ2n) is 6.06. The third kappa shape index (κ3) is 5.21. The van der Waals surface area contributed by atoms with Gasteiger partial charge in [-0.1, -0.05) is 18.2 Å². The molecule has 27 heavy (non-hydrogen) atoms. The predicted octanol–water partition coefficient (Wildman–Crippen LogP) is 3.96. The van der Waals surface area contributed by atoms with Gasteiger partial charge in [0.05, 0.1) is 30.5 Å². The number of ether oxygens (including phenoxy) is 1. The minimum atomic E-state index is -4.53. The maximum Gasteiger partial charge on any atom is 0.418 e. The Morgan fingerprint density at radius 1 is 1.19 bits per heavy atom. The van der Waals surface area contributed by atoms with Gasteiger partial charge < -0.3 is 15.4 Å². The van der Waals surface area contributed by atoms with Gasteiger partial charge in [-0.25, -0.2) is 4.79 Å². The molecule has 0 saturated carbocycles. The van der Waals surface area contributed by atoms with Crippen molar-refractivity contribution in [1.82, 2.24) is 10.2 Å². The van der Waals surface area contributed by atoms with E-state index in [1.165, 1.54) is 18.2 Å². The van der Waals surface area contributed by atoms with Crippen LogP contribution in [0.25, 0.3) is 0 Å². The van der Waals surface area contributed by atoms with E-state index in [4.69, 9.17) is 4.74 Å². The highest BCUT2D eigenvalue weighted by Gasteiger charge is 2.33. The van der Waals surface area contributed by atoms with Crippen molar-refractivity contribution >= 4 is 23.1 Å². The number of amides is 2. The van der Waals surface area contributed by atoms with Crippen LogP contribution in [0.1, 0.15) is 16.5 Å². The number of rotatable bonds is 5. The minimum absolute atomic E-state index is 0.0440. The number of benzene rings is 1. The fourth-order valence-electron chi connectivity index (χ4n) is 2.97. The molecule has 5 nitrogen and oxygen atoms in total. The van der Waals surface area contributed by atoms with Gasteiger partial charge in [0.25, 0.3) is 0 Å². The van der Waals surface area contributed by atoms with Crippen molar-refractivity contribution < 1.29 is 22.7 Å². The van der Waals surface area contributed by atoms with Crippen molar-refractivity contribution in [2.75, 3.05) is 38.2 Å². The standard InChI is InChI=1S/C18H20F3N3O2S/c19-18(20,21)13-4-1-2-5-14(13)23-17(25)22-12-15(16-6-3-11-27-16)24-7-9-26-10-8-24/h1-6,11,15H,7-10,12H2,(H2,22,23,25)/t15-/m0/s1. The van der Waals surface area contributed by atoms with Crippen molar-refractivity contribution in [3.63, 3.8) is 0 Å². The van der Waals surface area contributed by atoms with Crippen LogP contribution in [0.5, 0.6) is 0 Å². The molecule has 1 atom stereocenters. The van der Waals surface area contributed by atoms with E-state index in [0.717, 1.165) is 24.0 Å². The van der Waals surface area contributed by atoms with E-state index >= 15 is 0 Å². The molecule has 1 aliphatic heterocycles. The number of morpholine rings is 1. The van der Waals surface area contributed by atoms with Crippen LogP contribution in [0.3, 0.4) is 0 Å². The number of carbonyl (C=O) groups is 1. The summed E-state index contributed by atoms with van der Waals surface area (Å²) in [6, 6.07) is 8.14. The first-order valence-electron chi connectivity index (χ1n) is 8.51. The number of nitrogens with one attached hydrogen (secondary N) is 2. The third-order valence-electron chi connectivity index (χ3n) is 4.29. The van der Waals surface area contributed by atoms with Crippen LogP contribution in [0.2, 0.25) is 0 Å². The molecule has 1 aliphatic rings. The lowest BCUT2D eigenvalue weighted by molar-refractivity contribution is -0.136. The summed E-state index contributed by atoms with van der Waals surface area (Å²) in [5.41, 5.74) is -1.13. The van der Waals surface area contributed by atoms with Gasteiger partial charge in [-0.15, -0.1) is 11.3 Å². The van der Waals surface area contributed by atoms with Crippen molar-refractivity contribution in [3.05, 3.63) is 52.2 Å². The number of nitrogens with zero attached hydrogens (tertiary/aromatic N) is 1. The monoisotopic (exact) mass is 399 g/mol. The molecule has 0 aliphatic carbocycles. The van der Waals surface area contributed by atoms with Crippen LogP contribution in [-0.2, 0) is 10.9 Å². The van der Waals surface area contributed by atoms with Crippen molar-refractivity contribution in [2.45, 2.75) is 12.2 Å². The van der Waals surface area contributed by atoms with E-state index in [0.29, 0.717) is 19.8 Å². The van der Waals surface area contributed by atoms with E-state index in [9.17, 15) is 18.0 Å². The lowest BCUT2D eigenvalue weighted by atomic mass is 10.1. The Kier molecular flexibility index (Phi) is 6.35. The topological polar surface area (TPSA) is 53.6 Å². The minimum Gasteiger partial charge on any atom is -0.379 e. The number of para-hydroxylation sites is 1. The molecule has 3 rings (SSSR count). The first kappa shape index (κ1) is 19.7. The van der Waals surface area contributed by atoms with Crippen LogP contribution in [0.15, 0.2) is 41.8 Å². The summed E-state index contributed by atoms with van der Waals surface area (Å²) >= 11 is 1.58. The molecule has 0 radical (unpaired) electrons. The van der Waals surface area contributed by atoms with Crippen LogP contribution in [0, 0.1) is 0 Å². The number of thiophene rings is 1. The third-order valence-corrected chi connectivity index (χ3v) is 5.27. The Bertz CT molecular complexity index is 747. The Hall–Kier alpha value is -2.10. The Balaban J connectivity index is 1.65. The van der Waals surface area contributed by atoms with E-state index in [1.54, 1.807) is 11.3 Å². The van der Waals surface area contributed by atoms with Crippen LogP contribution in [-0.4, -0.2) is 43.8 Å². The molecule has 1 fully saturated rings. The molecule has 1 saturated heterocycles. The van der Waals surface area contributed by atoms with E-state index in [-0.39, 0.29) is 11.7 Å². The number of urea groups is 1. The molecule has 2 heterocycles. The fourth-order valence-corrected chi connectivity index (χ4v) is 3.84. The van der Waals surface area contributed by atoms with Crippen molar-refractivity contribution in [1.29, 1.82) is 0 Å². The van der Waals surface area contributed by atoms with Crippen LogP contribution >= 0.6 is 11.3 Å². The van der Waals surface area contributed by atoms with E-state index in [1.807, 2.05) is 17.5 Å². The summed E-state index contributed by atoms with van der Waals surface area (Å²) in [5, 5.41) is 6.97. The summed E-state index contributed by atoms with van der Waals surface area (Å²) in [4.78, 5) is 15.5. The zero-order valence-electron chi connectivity index (χ0n) is 14.5. The molecule has 9 heteroatoms. The molecule has 2 N–H and O–H groups in total. The van der Waals surface area contributed by atoms with E-state index < -0.39 is 17.8 Å².